The molecule has 2 rings (SSSR count). The van der Waals surface area contributed by atoms with Crippen LogP contribution in [0, 0.1) is 0 Å². The first-order valence-electron chi connectivity index (χ1n) is 6.10. The Balaban J connectivity index is 2.02. The molecule has 0 saturated carbocycles. The Kier molecular flexibility index (Phi) is 4.70. The number of benzene rings is 1. The van der Waals surface area contributed by atoms with Crippen LogP contribution in [-0.2, 0) is 22.3 Å². The molecule has 0 aliphatic heterocycles. The molecule has 106 valence electrons. The number of rotatable bonds is 6. The van der Waals surface area contributed by atoms with Crippen molar-refractivity contribution < 1.29 is 13.2 Å². The van der Waals surface area contributed by atoms with E-state index in [0.29, 0.717) is 11.4 Å². The second kappa shape index (κ2) is 6.49. The Labute approximate surface area is 118 Å². The van der Waals surface area contributed by atoms with E-state index in [4.69, 9.17) is 4.74 Å². The van der Waals surface area contributed by atoms with E-state index in [0.717, 1.165) is 5.56 Å². The lowest BCUT2D eigenvalue weighted by Gasteiger charge is -2.09. The summed E-state index contributed by atoms with van der Waals surface area (Å²) >= 11 is 0. The molecular formula is C14H16N2O3S. The van der Waals surface area contributed by atoms with Gasteiger partial charge in [-0.3, -0.25) is 0 Å². The van der Waals surface area contributed by atoms with Gasteiger partial charge in [-0.25, -0.2) is 18.1 Å². The maximum Gasteiger partial charge on any atom is 0.217 e. The van der Waals surface area contributed by atoms with Gasteiger partial charge < -0.3 is 4.74 Å². The van der Waals surface area contributed by atoms with Crippen molar-refractivity contribution in [3.8, 4) is 5.88 Å². The van der Waals surface area contributed by atoms with Gasteiger partial charge in [-0.15, -0.1) is 0 Å². The van der Waals surface area contributed by atoms with Crippen LogP contribution in [0.4, 0.5) is 0 Å². The normalized spacial score (nSPS) is 11.2. The largest absolute Gasteiger partial charge is 0.481 e. The van der Waals surface area contributed by atoms with E-state index in [2.05, 4.69) is 9.71 Å². The summed E-state index contributed by atoms with van der Waals surface area (Å²) in [6, 6.07) is 12.6. The van der Waals surface area contributed by atoms with Crippen LogP contribution in [0.3, 0.4) is 0 Å². The molecule has 0 radical (unpaired) electrons. The van der Waals surface area contributed by atoms with Crippen molar-refractivity contribution in [3.05, 3.63) is 59.8 Å². The van der Waals surface area contributed by atoms with Gasteiger partial charge in [0, 0.05) is 18.3 Å². The number of sulfonamides is 1. The van der Waals surface area contributed by atoms with E-state index in [1.807, 2.05) is 18.2 Å². The summed E-state index contributed by atoms with van der Waals surface area (Å²) in [4.78, 5) is 4.02. The molecule has 0 amide bonds. The van der Waals surface area contributed by atoms with E-state index < -0.39 is 10.0 Å². The molecule has 2 aromatic rings. The summed E-state index contributed by atoms with van der Waals surface area (Å²) in [5, 5.41) is 0. The zero-order valence-electron chi connectivity index (χ0n) is 11.1. The van der Waals surface area contributed by atoms with Crippen LogP contribution in [0.5, 0.6) is 5.88 Å². The van der Waals surface area contributed by atoms with Gasteiger partial charge in [-0.2, -0.15) is 0 Å². The highest BCUT2D eigenvalue weighted by Crippen LogP contribution is 2.14. The molecule has 0 spiro atoms. The summed E-state index contributed by atoms with van der Waals surface area (Å²) in [6.07, 6.45) is 1.60. The van der Waals surface area contributed by atoms with E-state index in [1.54, 1.807) is 30.5 Å². The van der Waals surface area contributed by atoms with Gasteiger partial charge in [0.25, 0.3) is 0 Å². The highest BCUT2D eigenvalue weighted by Gasteiger charge is 2.12. The standard InChI is InChI=1S/C14H16N2O3S/c1-19-14-13(8-5-9-15-14)10-16-20(17,18)11-12-6-3-2-4-7-12/h2-9,16H,10-11H2,1H3. The van der Waals surface area contributed by atoms with Crippen molar-refractivity contribution in [2.45, 2.75) is 12.3 Å². The van der Waals surface area contributed by atoms with Gasteiger partial charge in [-0.05, 0) is 11.6 Å². The lowest BCUT2D eigenvalue weighted by atomic mass is 10.2. The lowest BCUT2D eigenvalue weighted by Crippen LogP contribution is -2.25. The predicted octanol–water partition coefficient (Wildman–Crippen LogP) is 1.71. The Morgan fingerprint density at radius 1 is 1.15 bits per heavy atom. The minimum atomic E-state index is -3.39. The molecule has 5 nitrogen and oxygen atoms in total. The monoisotopic (exact) mass is 292 g/mol. The molecule has 20 heavy (non-hydrogen) atoms. The van der Waals surface area contributed by atoms with E-state index >= 15 is 0 Å². The fraction of sp³-hybridized carbons (Fsp3) is 0.214. The van der Waals surface area contributed by atoms with E-state index in [9.17, 15) is 8.42 Å². The zero-order valence-corrected chi connectivity index (χ0v) is 11.9. The first-order valence-corrected chi connectivity index (χ1v) is 7.75. The highest BCUT2D eigenvalue weighted by molar-refractivity contribution is 7.88. The molecular weight excluding hydrogens is 276 g/mol. The molecule has 1 aromatic carbocycles. The molecule has 0 atom stereocenters. The SMILES string of the molecule is COc1ncccc1CNS(=O)(=O)Cc1ccccc1. The van der Waals surface area contributed by atoms with Crippen LogP contribution in [0.25, 0.3) is 0 Å². The number of nitrogens with one attached hydrogen (secondary N) is 1. The van der Waals surface area contributed by atoms with E-state index in [1.165, 1.54) is 7.11 Å². The first kappa shape index (κ1) is 14.5. The third-order valence-electron chi connectivity index (χ3n) is 2.73. The minimum absolute atomic E-state index is 0.0452. The molecule has 0 saturated heterocycles. The second-order valence-electron chi connectivity index (χ2n) is 4.24. The van der Waals surface area contributed by atoms with Crippen molar-refractivity contribution in [1.82, 2.24) is 9.71 Å². The molecule has 0 bridgehead atoms. The van der Waals surface area contributed by atoms with Crippen molar-refractivity contribution in [1.29, 1.82) is 0 Å². The number of methoxy groups -OCH3 is 1. The van der Waals surface area contributed by atoms with Crippen LogP contribution in [0.15, 0.2) is 48.7 Å². The molecule has 1 aromatic heterocycles. The van der Waals surface area contributed by atoms with Crippen molar-refractivity contribution in [2.75, 3.05) is 7.11 Å². The Hall–Kier alpha value is -1.92. The third kappa shape index (κ3) is 4.04. The van der Waals surface area contributed by atoms with Crippen LogP contribution >= 0.6 is 0 Å². The fourth-order valence-corrected chi connectivity index (χ4v) is 2.88. The van der Waals surface area contributed by atoms with Gasteiger partial charge in [0.2, 0.25) is 15.9 Å². The number of nitrogens with zero attached hydrogens (tertiary/aromatic N) is 1. The average Bonchev–Trinajstić information content (AvgIpc) is 2.46. The van der Waals surface area contributed by atoms with Crippen molar-refractivity contribution in [3.63, 3.8) is 0 Å². The van der Waals surface area contributed by atoms with E-state index in [-0.39, 0.29) is 12.3 Å². The molecule has 1 N–H and O–H groups in total. The Bertz CT molecular complexity index is 657. The summed E-state index contributed by atoms with van der Waals surface area (Å²) in [5.74, 6) is 0.381. The quantitative estimate of drug-likeness (QED) is 0.880. The minimum Gasteiger partial charge on any atom is -0.481 e. The number of pyridine rings is 1. The van der Waals surface area contributed by atoms with Gasteiger partial charge in [0.1, 0.15) is 0 Å². The van der Waals surface area contributed by atoms with Crippen molar-refractivity contribution in [2.24, 2.45) is 0 Å². The van der Waals surface area contributed by atoms with Gasteiger partial charge in [0.15, 0.2) is 0 Å². The van der Waals surface area contributed by atoms with Gasteiger partial charge in [-0.1, -0.05) is 36.4 Å². The molecule has 0 unspecified atom stereocenters. The zero-order chi connectivity index (χ0) is 14.4. The maximum atomic E-state index is 12.0. The lowest BCUT2D eigenvalue weighted by molar-refractivity contribution is 0.392. The first-order chi connectivity index (χ1) is 9.61. The summed E-state index contributed by atoms with van der Waals surface area (Å²) in [6.45, 7) is 0.159. The number of ether oxygens (including phenoxy) is 1. The van der Waals surface area contributed by atoms with Gasteiger partial charge in [0.05, 0.1) is 12.9 Å². The third-order valence-corrected chi connectivity index (χ3v) is 4.02. The Morgan fingerprint density at radius 2 is 1.90 bits per heavy atom. The van der Waals surface area contributed by atoms with Crippen LogP contribution < -0.4 is 9.46 Å². The average molecular weight is 292 g/mol. The number of hydrogen-bond donors (Lipinski definition) is 1. The topological polar surface area (TPSA) is 68.3 Å². The van der Waals surface area contributed by atoms with Gasteiger partial charge >= 0.3 is 0 Å². The highest BCUT2D eigenvalue weighted by atomic mass is 32.2. The molecule has 0 aliphatic rings. The smallest absolute Gasteiger partial charge is 0.217 e. The number of aromatic nitrogens is 1. The Morgan fingerprint density at radius 3 is 2.60 bits per heavy atom. The van der Waals surface area contributed by atoms with Crippen LogP contribution in [-0.4, -0.2) is 20.5 Å². The fourth-order valence-electron chi connectivity index (χ4n) is 1.77. The maximum absolute atomic E-state index is 12.0. The molecule has 6 heteroatoms. The van der Waals surface area contributed by atoms with Crippen molar-refractivity contribution >= 4 is 10.0 Å². The summed E-state index contributed by atoms with van der Waals surface area (Å²) in [5.41, 5.74) is 1.45. The number of hydrogen-bond acceptors (Lipinski definition) is 4. The van der Waals surface area contributed by atoms with Crippen LogP contribution in [0.2, 0.25) is 0 Å². The summed E-state index contributed by atoms with van der Waals surface area (Å²) in [7, 11) is -1.89. The molecule has 0 aliphatic carbocycles. The molecule has 1 heterocycles. The predicted molar refractivity (Wildman–Crippen MR) is 76.7 cm³/mol. The van der Waals surface area contributed by atoms with Crippen LogP contribution in [0.1, 0.15) is 11.1 Å². The summed E-state index contributed by atoms with van der Waals surface area (Å²) < 4.78 is 31.6. The second-order valence-corrected chi connectivity index (χ2v) is 6.04. The molecule has 0 fully saturated rings.